The number of hydrogen-bond acceptors (Lipinski definition) is 3. The Morgan fingerprint density at radius 1 is 1.05 bits per heavy atom. The highest BCUT2D eigenvalue weighted by Crippen LogP contribution is 2.21. The largest absolute Gasteiger partial charge is 0.496 e. The van der Waals surface area contributed by atoms with Gasteiger partial charge in [-0.3, -0.25) is 4.79 Å². The van der Waals surface area contributed by atoms with Crippen LogP contribution < -0.4 is 9.64 Å². The molecule has 0 spiro atoms. The Kier molecular flexibility index (Phi) is 4.63. The van der Waals surface area contributed by atoms with E-state index in [1.165, 1.54) is 5.56 Å². The van der Waals surface area contributed by atoms with E-state index >= 15 is 0 Å². The smallest absolute Gasteiger partial charge is 0.185 e. The summed E-state index contributed by atoms with van der Waals surface area (Å²) in [6.45, 7) is 4.35. The molecule has 0 aliphatic heterocycles. The van der Waals surface area contributed by atoms with Gasteiger partial charge in [-0.15, -0.1) is 0 Å². The third-order valence-corrected chi connectivity index (χ3v) is 3.51. The minimum atomic E-state index is 0.0509. The molecule has 0 atom stereocenters. The average molecular weight is 283 g/mol. The van der Waals surface area contributed by atoms with E-state index in [0.717, 1.165) is 11.3 Å². The van der Waals surface area contributed by atoms with Crippen molar-refractivity contribution in [2.45, 2.75) is 13.8 Å². The fourth-order valence-electron chi connectivity index (χ4n) is 2.22. The van der Waals surface area contributed by atoms with Crippen LogP contribution >= 0.6 is 0 Å². The molecule has 0 unspecified atom stereocenters. The summed E-state index contributed by atoms with van der Waals surface area (Å²) < 4.78 is 5.31. The predicted octanol–water partition coefficient (Wildman–Crippen LogP) is 3.63. The lowest BCUT2D eigenvalue weighted by molar-refractivity contribution is 0.0997. The zero-order valence-corrected chi connectivity index (χ0v) is 13.0. The van der Waals surface area contributed by atoms with Crippen molar-refractivity contribution >= 4 is 11.5 Å². The summed E-state index contributed by atoms with van der Waals surface area (Å²) in [6, 6.07) is 13.8. The summed E-state index contributed by atoms with van der Waals surface area (Å²) in [5.74, 6) is 0.687. The van der Waals surface area contributed by atoms with Crippen LogP contribution in [-0.4, -0.2) is 26.5 Å². The Morgan fingerprint density at radius 2 is 1.67 bits per heavy atom. The number of hydrogen-bond donors (Lipinski definition) is 0. The van der Waals surface area contributed by atoms with Crippen molar-refractivity contribution in [1.82, 2.24) is 0 Å². The molecule has 110 valence electrons. The van der Waals surface area contributed by atoms with Gasteiger partial charge in [-0.1, -0.05) is 23.8 Å². The zero-order chi connectivity index (χ0) is 15.4. The number of ether oxygens (including phenoxy) is 1. The van der Waals surface area contributed by atoms with E-state index < -0.39 is 0 Å². The second-order valence-corrected chi connectivity index (χ2v) is 5.32. The first-order chi connectivity index (χ1) is 10.0. The molecule has 0 radical (unpaired) electrons. The molecular weight excluding hydrogens is 262 g/mol. The summed E-state index contributed by atoms with van der Waals surface area (Å²) in [5.41, 5.74) is 3.94. The van der Waals surface area contributed by atoms with Gasteiger partial charge >= 0.3 is 0 Å². The van der Waals surface area contributed by atoms with Crippen LogP contribution in [0.3, 0.4) is 0 Å². The first kappa shape index (κ1) is 15.1. The van der Waals surface area contributed by atoms with Crippen LogP contribution in [0.5, 0.6) is 5.75 Å². The van der Waals surface area contributed by atoms with E-state index in [1.54, 1.807) is 7.11 Å². The third kappa shape index (κ3) is 3.63. The summed E-state index contributed by atoms with van der Waals surface area (Å²) >= 11 is 0. The Hall–Kier alpha value is -2.29. The number of methoxy groups -OCH3 is 1. The maximum atomic E-state index is 12.5. The molecule has 0 amide bonds. The number of carbonyl (C=O) groups excluding carboxylic acids is 1. The molecule has 0 aromatic heterocycles. The molecule has 21 heavy (non-hydrogen) atoms. The lowest BCUT2D eigenvalue weighted by Crippen LogP contribution is -2.25. The summed E-state index contributed by atoms with van der Waals surface area (Å²) in [6.07, 6.45) is 0. The maximum absolute atomic E-state index is 12.5. The van der Waals surface area contributed by atoms with Crippen LogP contribution in [0.15, 0.2) is 42.5 Å². The highest BCUT2D eigenvalue weighted by molar-refractivity contribution is 6.01. The Morgan fingerprint density at radius 3 is 2.29 bits per heavy atom. The minimum absolute atomic E-state index is 0.0509. The van der Waals surface area contributed by atoms with Gasteiger partial charge in [0.15, 0.2) is 5.78 Å². The third-order valence-electron chi connectivity index (χ3n) is 3.51. The van der Waals surface area contributed by atoms with Gasteiger partial charge in [0.25, 0.3) is 0 Å². The quantitative estimate of drug-likeness (QED) is 0.785. The number of carbonyl (C=O) groups is 1. The van der Waals surface area contributed by atoms with Crippen molar-refractivity contribution in [3.8, 4) is 5.75 Å². The molecular formula is C18H21NO2. The van der Waals surface area contributed by atoms with Gasteiger partial charge in [0.2, 0.25) is 0 Å². The van der Waals surface area contributed by atoms with Crippen molar-refractivity contribution in [3.05, 3.63) is 59.2 Å². The topological polar surface area (TPSA) is 29.5 Å². The maximum Gasteiger partial charge on any atom is 0.185 e. The lowest BCUT2D eigenvalue weighted by Gasteiger charge is -2.19. The molecule has 0 aliphatic carbocycles. The van der Waals surface area contributed by atoms with E-state index in [-0.39, 0.29) is 5.78 Å². The van der Waals surface area contributed by atoms with Crippen LogP contribution in [0.4, 0.5) is 5.69 Å². The SMILES string of the molecule is COc1cc(C)ccc1C(=O)CN(C)c1ccc(C)cc1. The van der Waals surface area contributed by atoms with Crippen molar-refractivity contribution in [1.29, 1.82) is 0 Å². The van der Waals surface area contributed by atoms with E-state index in [9.17, 15) is 4.79 Å². The van der Waals surface area contributed by atoms with Crippen molar-refractivity contribution in [2.75, 3.05) is 25.6 Å². The standard InChI is InChI=1S/C18H21NO2/c1-13-5-8-15(9-6-13)19(3)12-17(20)16-10-7-14(2)11-18(16)21-4/h5-11H,12H2,1-4H3. The fourth-order valence-corrected chi connectivity index (χ4v) is 2.22. The summed E-state index contributed by atoms with van der Waals surface area (Å²) in [7, 11) is 3.51. The molecule has 2 rings (SSSR count). The Balaban J connectivity index is 2.16. The van der Waals surface area contributed by atoms with E-state index in [2.05, 4.69) is 0 Å². The van der Waals surface area contributed by atoms with Gasteiger partial charge in [-0.25, -0.2) is 0 Å². The molecule has 3 heteroatoms. The van der Waals surface area contributed by atoms with Crippen LogP contribution in [0.1, 0.15) is 21.5 Å². The number of nitrogens with zero attached hydrogens (tertiary/aromatic N) is 1. The number of anilines is 1. The fraction of sp³-hybridized carbons (Fsp3) is 0.278. The predicted molar refractivity (Wildman–Crippen MR) is 86.5 cm³/mol. The zero-order valence-electron chi connectivity index (χ0n) is 13.0. The first-order valence-corrected chi connectivity index (χ1v) is 6.97. The lowest BCUT2D eigenvalue weighted by atomic mass is 10.1. The number of likely N-dealkylation sites (N-methyl/N-ethyl adjacent to an activating group) is 1. The molecule has 0 N–H and O–H groups in total. The Bertz CT molecular complexity index is 632. The van der Waals surface area contributed by atoms with Gasteiger partial charge < -0.3 is 9.64 Å². The van der Waals surface area contributed by atoms with Crippen molar-refractivity contribution < 1.29 is 9.53 Å². The molecule has 0 aliphatic rings. The molecule has 3 nitrogen and oxygen atoms in total. The van der Waals surface area contributed by atoms with Crippen LogP contribution in [0.25, 0.3) is 0 Å². The van der Waals surface area contributed by atoms with Gasteiger partial charge in [0, 0.05) is 12.7 Å². The van der Waals surface area contributed by atoms with Crippen molar-refractivity contribution in [2.24, 2.45) is 0 Å². The number of aryl methyl sites for hydroxylation is 2. The number of ketones is 1. The summed E-state index contributed by atoms with van der Waals surface area (Å²) in [5, 5.41) is 0. The molecule has 0 fully saturated rings. The monoisotopic (exact) mass is 283 g/mol. The minimum Gasteiger partial charge on any atom is -0.496 e. The van der Waals surface area contributed by atoms with E-state index in [1.807, 2.05) is 68.3 Å². The molecule has 0 saturated heterocycles. The van der Waals surface area contributed by atoms with Crippen LogP contribution in [0, 0.1) is 13.8 Å². The van der Waals surface area contributed by atoms with Gasteiger partial charge in [-0.2, -0.15) is 0 Å². The van der Waals surface area contributed by atoms with E-state index in [4.69, 9.17) is 4.74 Å². The van der Waals surface area contributed by atoms with Crippen molar-refractivity contribution in [3.63, 3.8) is 0 Å². The average Bonchev–Trinajstić information content (AvgIpc) is 2.47. The number of benzene rings is 2. The van der Waals surface area contributed by atoms with Crippen LogP contribution in [-0.2, 0) is 0 Å². The van der Waals surface area contributed by atoms with Crippen LogP contribution in [0.2, 0.25) is 0 Å². The van der Waals surface area contributed by atoms with Gasteiger partial charge in [0.1, 0.15) is 5.75 Å². The summed E-state index contributed by atoms with van der Waals surface area (Å²) in [4.78, 5) is 14.4. The second-order valence-electron chi connectivity index (χ2n) is 5.32. The molecule has 0 bridgehead atoms. The second kappa shape index (κ2) is 6.44. The molecule has 2 aromatic carbocycles. The normalized spacial score (nSPS) is 10.3. The molecule has 2 aromatic rings. The van der Waals surface area contributed by atoms with Gasteiger partial charge in [0.05, 0.1) is 19.2 Å². The first-order valence-electron chi connectivity index (χ1n) is 6.97. The highest BCUT2D eigenvalue weighted by Gasteiger charge is 2.14. The Labute approximate surface area is 126 Å². The highest BCUT2D eigenvalue weighted by atomic mass is 16.5. The number of rotatable bonds is 5. The van der Waals surface area contributed by atoms with E-state index in [0.29, 0.717) is 17.9 Å². The number of Topliss-reactive ketones (excluding diaryl/α,β-unsaturated/α-hetero) is 1. The van der Waals surface area contributed by atoms with Gasteiger partial charge in [-0.05, 0) is 43.7 Å². The molecule has 0 heterocycles. The molecule has 0 saturated carbocycles.